The molecule has 196 valence electrons. The summed E-state index contributed by atoms with van der Waals surface area (Å²) in [5.41, 5.74) is 2.74. The summed E-state index contributed by atoms with van der Waals surface area (Å²) in [5, 5.41) is 3.56. The molecule has 0 spiro atoms. The smallest absolute Gasteiger partial charge is 0.368 e. The van der Waals surface area contributed by atoms with E-state index in [2.05, 4.69) is 10.2 Å². The molecule has 37 heavy (non-hydrogen) atoms. The molecule has 3 aromatic rings. The Morgan fingerprint density at radius 2 is 1.68 bits per heavy atom. The molecule has 0 radical (unpaired) electrons. The van der Waals surface area contributed by atoms with Crippen LogP contribution in [0.1, 0.15) is 28.4 Å². The van der Waals surface area contributed by atoms with Gasteiger partial charge in [-0.15, -0.1) is 0 Å². The van der Waals surface area contributed by atoms with Gasteiger partial charge in [-0.2, -0.15) is 13.2 Å². The van der Waals surface area contributed by atoms with Crippen LogP contribution in [0, 0.1) is 6.92 Å². The van der Waals surface area contributed by atoms with Gasteiger partial charge in [-0.3, -0.25) is 4.90 Å². The summed E-state index contributed by atoms with van der Waals surface area (Å²) in [6.45, 7) is 5.22. The third kappa shape index (κ3) is 7.71. The fraction of sp³-hybridized carbons (Fsp3) is 0.321. The van der Waals surface area contributed by atoms with Crippen LogP contribution in [0.2, 0.25) is 5.02 Å². The van der Waals surface area contributed by atoms with Crippen LogP contribution in [0.4, 0.5) is 23.7 Å². The summed E-state index contributed by atoms with van der Waals surface area (Å²) >= 11 is 6.06. The predicted molar refractivity (Wildman–Crippen MR) is 139 cm³/mol. The minimum absolute atomic E-state index is 0.127. The van der Waals surface area contributed by atoms with Crippen molar-refractivity contribution in [2.75, 3.05) is 38.0 Å². The Labute approximate surface area is 219 Å². The number of amides is 2. The number of anilines is 1. The molecule has 0 bridgehead atoms. The van der Waals surface area contributed by atoms with Crippen molar-refractivity contribution in [3.8, 4) is 0 Å². The molecule has 1 fully saturated rings. The van der Waals surface area contributed by atoms with Crippen molar-refractivity contribution in [3.63, 3.8) is 0 Å². The molecule has 0 aliphatic carbocycles. The minimum Gasteiger partial charge on any atom is -0.368 e. The number of carbonyl (C=O) groups is 1. The number of aryl methyl sites for hydroxylation is 1. The van der Waals surface area contributed by atoms with Gasteiger partial charge in [0.25, 0.3) is 0 Å². The average molecular weight is 532 g/mol. The summed E-state index contributed by atoms with van der Waals surface area (Å²) in [6.07, 6.45) is -4.68. The van der Waals surface area contributed by atoms with Gasteiger partial charge in [0.15, 0.2) is 0 Å². The van der Waals surface area contributed by atoms with Crippen LogP contribution in [-0.2, 0) is 17.5 Å². The van der Waals surface area contributed by atoms with Gasteiger partial charge in [-0.05, 0) is 60.0 Å². The van der Waals surface area contributed by atoms with Crippen molar-refractivity contribution in [1.29, 1.82) is 0 Å². The van der Waals surface area contributed by atoms with Crippen LogP contribution < -0.4 is 5.32 Å². The molecule has 5 nitrogen and oxygen atoms in total. The maximum absolute atomic E-state index is 12.9. The number of ether oxygens (including phenoxy) is 1. The minimum atomic E-state index is -4.37. The second-order valence-electron chi connectivity index (χ2n) is 9.13. The van der Waals surface area contributed by atoms with Crippen LogP contribution in [0.15, 0.2) is 72.8 Å². The summed E-state index contributed by atoms with van der Waals surface area (Å²) in [6, 6.07) is 19.9. The largest absolute Gasteiger partial charge is 0.416 e. The van der Waals surface area contributed by atoms with E-state index in [1.807, 2.05) is 43.3 Å². The topological polar surface area (TPSA) is 44.8 Å². The van der Waals surface area contributed by atoms with E-state index in [-0.39, 0.29) is 18.7 Å². The van der Waals surface area contributed by atoms with E-state index in [1.54, 1.807) is 17.0 Å². The average Bonchev–Trinajstić information content (AvgIpc) is 2.87. The van der Waals surface area contributed by atoms with E-state index in [1.165, 1.54) is 12.1 Å². The highest BCUT2D eigenvalue weighted by molar-refractivity contribution is 6.30. The molecule has 1 atom stereocenters. The first-order valence-corrected chi connectivity index (χ1v) is 12.4. The van der Waals surface area contributed by atoms with Gasteiger partial charge in [-0.25, -0.2) is 4.79 Å². The Balaban J connectivity index is 1.35. The van der Waals surface area contributed by atoms with Crippen LogP contribution in [-0.4, -0.2) is 48.6 Å². The molecule has 0 aromatic heterocycles. The van der Waals surface area contributed by atoms with E-state index in [0.29, 0.717) is 43.3 Å². The van der Waals surface area contributed by atoms with Gasteiger partial charge in [0.2, 0.25) is 0 Å². The highest BCUT2D eigenvalue weighted by atomic mass is 35.5. The zero-order chi connectivity index (χ0) is 26.4. The molecule has 1 N–H and O–H groups in total. The second-order valence-corrected chi connectivity index (χ2v) is 9.57. The summed E-state index contributed by atoms with van der Waals surface area (Å²) in [4.78, 5) is 16.7. The monoisotopic (exact) mass is 531 g/mol. The van der Waals surface area contributed by atoms with Crippen LogP contribution in [0.3, 0.4) is 0 Å². The Morgan fingerprint density at radius 3 is 2.30 bits per heavy atom. The van der Waals surface area contributed by atoms with Crippen LogP contribution in [0.25, 0.3) is 0 Å². The molecule has 2 amide bonds. The molecule has 1 aliphatic heterocycles. The van der Waals surface area contributed by atoms with Crippen molar-refractivity contribution < 1.29 is 22.7 Å². The molecule has 3 aromatic carbocycles. The molecule has 0 saturated carbocycles. The highest BCUT2D eigenvalue weighted by Crippen LogP contribution is 2.30. The summed E-state index contributed by atoms with van der Waals surface area (Å²) < 4.78 is 44.8. The number of urea groups is 1. The zero-order valence-electron chi connectivity index (χ0n) is 20.5. The fourth-order valence-corrected chi connectivity index (χ4v) is 4.34. The van der Waals surface area contributed by atoms with Gasteiger partial charge in [0.05, 0.1) is 18.3 Å². The maximum Gasteiger partial charge on any atom is 0.416 e. The SMILES string of the molecule is Cc1cccc(NC(=O)N2CCN(C[C@@H](OCc3ccc(C(F)(F)F)cc3)c3ccc(Cl)cc3)CC2)c1. The third-order valence-corrected chi connectivity index (χ3v) is 6.58. The van der Waals surface area contributed by atoms with Crippen LogP contribution >= 0.6 is 11.6 Å². The highest BCUT2D eigenvalue weighted by Gasteiger charge is 2.30. The number of piperazine rings is 1. The molecule has 1 saturated heterocycles. The molecular formula is C28H29ClF3N3O2. The Morgan fingerprint density at radius 1 is 1.00 bits per heavy atom. The molecule has 1 aliphatic rings. The normalized spacial score (nSPS) is 15.4. The number of rotatable bonds is 7. The lowest BCUT2D eigenvalue weighted by molar-refractivity contribution is -0.137. The van der Waals surface area contributed by atoms with E-state index < -0.39 is 11.7 Å². The first-order valence-electron chi connectivity index (χ1n) is 12.1. The quantitative estimate of drug-likeness (QED) is 0.366. The lowest BCUT2D eigenvalue weighted by Crippen LogP contribution is -2.50. The third-order valence-electron chi connectivity index (χ3n) is 6.33. The molecule has 4 rings (SSSR count). The van der Waals surface area contributed by atoms with Crippen molar-refractivity contribution in [1.82, 2.24) is 9.80 Å². The predicted octanol–water partition coefficient (Wildman–Crippen LogP) is 6.77. The number of nitrogens with one attached hydrogen (secondary N) is 1. The lowest BCUT2D eigenvalue weighted by Gasteiger charge is -2.36. The van der Waals surface area contributed by atoms with Crippen molar-refractivity contribution in [3.05, 3.63) is 100 Å². The Hall–Kier alpha value is -3.07. The maximum atomic E-state index is 12.9. The van der Waals surface area contributed by atoms with Gasteiger partial charge in [0.1, 0.15) is 0 Å². The van der Waals surface area contributed by atoms with Gasteiger partial charge in [-0.1, -0.05) is 48.0 Å². The van der Waals surface area contributed by atoms with E-state index in [0.717, 1.165) is 28.9 Å². The molecule has 9 heteroatoms. The van der Waals surface area contributed by atoms with Gasteiger partial charge >= 0.3 is 12.2 Å². The van der Waals surface area contributed by atoms with Crippen molar-refractivity contribution >= 4 is 23.3 Å². The molecule has 0 unspecified atom stereocenters. The number of carbonyl (C=O) groups excluding carboxylic acids is 1. The van der Waals surface area contributed by atoms with E-state index in [9.17, 15) is 18.0 Å². The Kier molecular flexibility index (Phi) is 8.74. The molecule has 1 heterocycles. The van der Waals surface area contributed by atoms with Gasteiger partial charge in [0, 0.05) is 43.4 Å². The van der Waals surface area contributed by atoms with Crippen molar-refractivity contribution in [2.45, 2.75) is 25.8 Å². The lowest BCUT2D eigenvalue weighted by atomic mass is 10.1. The standard InChI is InChI=1S/C28H29ClF3N3O2/c1-20-3-2-4-25(17-20)33-27(36)35-15-13-34(14-16-35)18-26(22-7-11-24(29)12-8-22)37-19-21-5-9-23(10-6-21)28(30,31)32/h2-12,17,26H,13-16,18-19H2,1H3,(H,33,36)/t26-/m1/s1. The number of alkyl halides is 3. The molecular weight excluding hydrogens is 503 g/mol. The zero-order valence-corrected chi connectivity index (χ0v) is 21.2. The number of halogens is 4. The number of benzene rings is 3. The first-order chi connectivity index (χ1) is 17.7. The van der Waals surface area contributed by atoms with E-state index >= 15 is 0 Å². The Bertz CT molecular complexity index is 1180. The fourth-order valence-electron chi connectivity index (χ4n) is 4.21. The number of nitrogens with zero attached hydrogens (tertiary/aromatic N) is 2. The second kappa shape index (κ2) is 12.0. The van der Waals surface area contributed by atoms with Crippen molar-refractivity contribution in [2.24, 2.45) is 0 Å². The first kappa shape index (κ1) is 27.0. The summed E-state index contributed by atoms with van der Waals surface area (Å²) in [7, 11) is 0. The van der Waals surface area contributed by atoms with Crippen LogP contribution in [0.5, 0.6) is 0 Å². The van der Waals surface area contributed by atoms with Gasteiger partial charge < -0.3 is 15.0 Å². The summed E-state index contributed by atoms with van der Waals surface area (Å²) in [5.74, 6) is 0. The number of hydrogen-bond donors (Lipinski definition) is 1. The van der Waals surface area contributed by atoms with E-state index in [4.69, 9.17) is 16.3 Å². The number of hydrogen-bond acceptors (Lipinski definition) is 3.